The summed E-state index contributed by atoms with van der Waals surface area (Å²) >= 11 is 19.0. The second-order valence-electron chi connectivity index (χ2n) is 3.25. The van der Waals surface area contributed by atoms with Crippen molar-refractivity contribution in [3.8, 4) is 11.1 Å². The van der Waals surface area contributed by atoms with Crippen molar-refractivity contribution in [3.05, 3.63) is 55.4 Å². The number of halogens is 4. The van der Waals surface area contributed by atoms with Crippen LogP contribution in [0.5, 0.6) is 0 Å². The molecular formula is C12H6Br2Cl2. The molecule has 2 aromatic rings. The maximum absolute atomic E-state index is 6.17. The van der Waals surface area contributed by atoms with Crippen LogP contribution in [-0.4, -0.2) is 0 Å². The number of rotatable bonds is 1. The van der Waals surface area contributed by atoms with E-state index in [1.807, 2.05) is 30.3 Å². The van der Waals surface area contributed by atoms with E-state index in [-0.39, 0.29) is 0 Å². The van der Waals surface area contributed by atoms with E-state index >= 15 is 0 Å². The van der Waals surface area contributed by atoms with Gasteiger partial charge in [0.25, 0.3) is 0 Å². The van der Waals surface area contributed by atoms with Gasteiger partial charge in [-0.1, -0.05) is 61.1 Å². The molecule has 0 aliphatic heterocycles. The molecule has 0 aliphatic rings. The zero-order valence-electron chi connectivity index (χ0n) is 7.98. The average Bonchev–Trinajstić information content (AvgIpc) is 2.22. The fourth-order valence-electron chi connectivity index (χ4n) is 1.41. The van der Waals surface area contributed by atoms with Crippen LogP contribution in [0.2, 0.25) is 10.0 Å². The summed E-state index contributed by atoms with van der Waals surface area (Å²) in [5.41, 5.74) is 2.00. The summed E-state index contributed by atoms with van der Waals surface area (Å²) in [6.07, 6.45) is 0. The fourth-order valence-corrected chi connectivity index (χ4v) is 2.74. The van der Waals surface area contributed by atoms with Crippen LogP contribution < -0.4 is 0 Å². The number of hydrogen-bond donors (Lipinski definition) is 0. The van der Waals surface area contributed by atoms with E-state index in [1.165, 1.54) is 0 Å². The maximum atomic E-state index is 6.17. The molecule has 16 heavy (non-hydrogen) atoms. The fraction of sp³-hybridized carbons (Fsp3) is 0. The molecule has 0 saturated heterocycles. The number of benzene rings is 2. The Labute approximate surface area is 121 Å². The van der Waals surface area contributed by atoms with E-state index in [4.69, 9.17) is 23.2 Å². The first-order valence-corrected chi connectivity index (χ1v) is 6.82. The Balaban J connectivity index is 2.62. The lowest BCUT2D eigenvalue weighted by molar-refractivity contribution is 1.56. The van der Waals surface area contributed by atoms with Gasteiger partial charge in [0, 0.05) is 24.6 Å². The van der Waals surface area contributed by atoms with E-state index < -0.39 is 0 Å². The minimum atomic E-state index is 0.639. The summed E-state index contributed by atoms with van der Waals surface area (Å²) in [4.78, 5) is 0. The highest BCUT2D eigenvalue weighted by molar-refractivity contribution is 9.11. The summed E-state index contributed by atoms with van der Waals surface area (Å²) in [6, 6.07) is 11.4. The summed E-state index contributed by atoms with van der Waals surface area (Å²) in [6.45, 7) is 0. The first-order chi connectivity index (χ1) is 7.58. The quantitative estimate of drug-likeness (QED) is 0.553. The topological polar surface area (TPSA) is 0 Å². The molecule has 0 fully saturated rings. The summed E-state index contributed by atoms with van der Waals surface area (Å²) in [5.74, 6) is 0. The van der Waals surface area contributed by atoms with E-state index in [9.17, 15) is 0 Å². The Morgan fingerprint density at radius 3 is 2.25 bits per heavy atom. The van der Waals surface area contributed by atoms with Gasteiger partial charge in [-0.25, -0.2) is 0 Å². The third-order valence-corrected chi connectivity index (χ3v) is 3.88. The van der Waals surface area contributed by atoms with Gasteiger partial charge in [0.15, 0.2) is 0 Å². The average molecular weight is 381 g/mol. The van der Waals surface area contributed by atoms with Crippen molar-refractivity contribution in [2.24, 2.45) is 0 Å². The molecular weight excluding hydrogens is 375 g/mol. The minimum absolute atomic E-state index is 0.639. The van der Waals surface area contributed by atoms with Gasteiger partial charge < -0.3 is 0 Å². The zero-order chi connectivity index (χ0) is 11.7. The van der Waals surface area contributed by atoms with Crippen LogP contribution in [0.4, 0.5) is 0 Å². The van der Waals surface area contributed by atoms with Gasteiger partial charge in [-0.2, -0.15) is 0 Å². The lowest BCUT2D eigenvalue weighted by Gasteiger charge is -2.08. The monoisotopic (exact) mass is 378 g/mol. The van der Waals surface area contributed by atoms with E-state index in [1.54, 1.807) is 6.07 Å². The molecule has 0 aliphatic carbocycles. The SMILES string of the molecule is Clc1ccc(-c2cc(Br)ccc2Br)c(Cl)c1. The Morgan fingerprint density at radius 2 is 1.56 bits per heavy atom. The molecule has 0 heterocycles. The van der Waals surface area contributed by atoms with Crippen molar-refractivity contribution in [3.63, 3.8) is 0 Å². The Hall–Kier alpha value is -0.0200. The molecule has 0 N–H and O–H groups in total. The Morgan fingerprint density at radius 1 is 0.812 bits per heavy atom. The first-order valence-electron chi connectivity index (χ1n) is 4.48. The van der Waals surface area contributed by atoms with Crippen molar-refractivity contribution >= 4 is 55.1 Å². The zero-order valence-corrected chi connectivity index (χ0v) is 12.7. The van der Waals surface area contributed by atoms with E-state index in [2.05, 4.69) is 31.9 Å². The van der Waals surface area contributed by atoms with Crippen LogP contribution in [0.25, 0.3) is 11.1 Å². The van der Waals surface area contributed by atoms with Crippen LogP contribution in [0, 0.1) is 0 Å². The normalized spacial score (nSPS) is 10.5. The molecule has 0 spiro atoms. The van der Waals surface area contributed by atoms with Crippen molar-refractivity contribution in [2.45, 2.75) is 0 Å². The predicted molar refractivity (Wildman–Crippen MR) is 77.3 cm³/mol. The van der Waals surface area contributed by atoms with Crippen LogP contribution >= 0.6 is 55.1 Å². The molecule has 82 valence electrons. The van der Waals surface area contributed by atoms with Gasteiger partial charge in [0.1, 0.15) is 0 Å². The largest absolute Gasteiger partial charge is 0.0843 e. The van der Waals surface area contributed by atoms with Crippen LogP contribution in [0.15, 0.2) is 45.3 Å². The lowest BCUT2D eigenvalue weighted by atomic mass is 10.1. The molecule has 0 bridgehead atoms. The standard InChI is InChI=1S/C12H6Br2Cl2/c13-7-1-4-11(14)10(5-7)9-3-2-8(15)6-12(9)16/h1-6H. The second kappa shape index (κ2) is 5.09. The third kappa shape index (κ3) is 2.62. The summed E-state index contributed by atoms with van der Waals surface area (Å²) in [5, 5.41) is 1.28. The number of hydrogen-bond acceptors (Lipinski definition) is 0. The lowest BCUT2D eigenvalue weighted by Crippen LogP contribution is -1.82. The highest BCUT2D eigenvalue weighted by atomic mass is 79.9. The van der Waals surface area contributed by atoms with Gasteiger partial charge in [-0.3, -0.25) is 0 Å². The highest BCUT2D eigenvalue weighted by Gasteiger charge is 2.08. The van der Waals surface area contributed by atoms with Gasteiger partial charge in [-0.05, 0) is 35.9 Å². The maximum Gasteiger partial charge on any atom is 0.0499 e. The molecule has 0 nitrogen and oxygen atoms in total. The van der Waals surface area contributed by atoms with Crippen molar-refractivity contribution in [1.29, 1.82) is 0 Å². The molecule has 0 atom stereocenters. The van der Waals surface area contributed by atoms with Gasteiger partial charge in [-0.15, -0.1) is 0 Å². The molecule has 0 aromatic heterocycles. The minimum Gasteiger partial charge on any atom is -0.0843 e. The predicted octanol–water partition coefficient (Wildman–Crippen LogP) is 6.19. The second-order valence-corrected chi connectivity index (χ2v) is 5.86. The molecule has 4 heteroatoms. The highest BCUT2D eigenvalue weighted by Crippen LogP contribution is 2.36. The van der Waals surface area contributed by atoms with Crippen LogP contribution in [-0.2, 0) is 0 Å². The van der Waals surface area contributed by atoms with Crippen molar-refractivity contribution in [2.75, 3.05) is 0 Å². The molecule has 0 amide bonds. The van der Waals surface area contributed by atoms with Crippen LogP contribution in [0.1, 0.15) is 0 Å². The molecule has 2 aromatic carbocycles. The third-order valence-electron chi connectivity index (χ3n) is 2.15. The first kappa shape index (κ1) is 12.4. The van der Waals surface area contributed by atoms with Gasteiger partial charge in [0.05, 0.1) is 0 Å². The molecule has 0 saturated carbocycles. The van der Waals surface area contributed by atoms with Gasteiger partial charge >= 0.3 is 0 Å². The summed E-state index contributed by atoms with van der Waals surface area (Å²) in [7, 11) is 0. The Bertz CT molecular complexity index is 539. The van der Waals surface area contributed by atoms with Gasteiger partial charge in [0.2, 0.25) is 0 Å². The van der Waals surface area contributed by atoms with E-state index in [0.717, 1.165) is 20.1 Å². The molecule has 2 rings (SSSR count). The smallest absolute Gasteiger partial charge is 0.0499 e. The van der Waals surface area contributed by atoms with Crippen molar-refractivity contribution < 1.29 is 0 Å². The summed E-state index contributed by atoms with van der Waals surface area (Å²) < 4.78 is 2.01. The molecule has 0 radical (unpaired) electrons. The van der Waals surface area contributed by atoms with E-state index in [0.29, 0.717) is 10.0 Å². The Kier molecular flexibility index (Phi) is 3.96. The molecule has 0 unspecified atom stereocenters. The van der Waals surface area contributed by atoms with Crippen LogP contribution in [0.3, 0.4) is 0 Å². The van der Waals surface area contributed by atoms with Crippen molar-refractivity contribution in [1.82, 2.24) is 0 Å².